The van der Waals surface area contributed by atoms with Crippen molar-refractivity contribution in [2.24, 2.45) is 17.3 Å². The second-order valence-electron chi connectivity index (χ2n) is 5.56. The van der Waals surface area contributed by atoms with E-state index in [1.165, 1.54) is 25.7 Å². The summed E-state index contributed by atoms with van der Waals surface area (Å²) < 4.78 is 0. The fraction of sp³-hybridized carbons (Fsp3) is 0.833. The van der Waals surface area contributed by atoms with Crippen LogP contribution in [0, 0.1) is 17.3 Å². The Balaban J connectivity index is 1.48. The Labute approximate surface area is 95.2 Å². The van der Waals surface area contributed by atoms with Crippen LogP contribution in [0.3, 0.4) is 0 Å². The first-order chi connectivity index (χ1) is 7.70. The van der Waals surface area contributed by atoms with Crippen molar-refractivity contribution in [1.82, 2.24) is 10.6 Å². The Morgan fingerprint density at radius 1 is 1.44 bits per heavy atom. The molecule has 2 saturated carbocycles. The standard InChI is InChI=1S/C12H18N2O2/c15-10-5-8(6-13-10)11(16)14-7-12(3-4-12)9-1-2-9/h8-9H,1-7H2,(H,13,15)(H,14,16). The molecule has 3 rings (SSSR count). The van der Waals surface area contributed by atoms with Crippen LogP contribution in [0.25, 0.3) is 0 Å². The number of carbonyl (C=O) groups is 2. The third-order valence-electron chi connectivity index (χ3n) is 4.30. The largest absolute Gasteiger partial charge is 0.355 e. The van der Waals surface area contributed by atoms with Crippen LogP contribution in [-0.2, 0) is 9.59 Å². The van der Waals surface area contributed by atoms with Gasteiger partial charge in [-0.3, -0.25) is 9.59 Å². The SMILES string of the molecule is O=C1CC(C(=O)NCC2(C3CC3)CC2)CN1. The number of carbonyl (C=O) groups excluding carboxylic acids is 2. The van der Waals surface area contributed by atoms with Crippen LogP contribution in [0.4, 0.5) is 0 Å². The lowest BCUT2D eigenvalue weighted by Crippen LogP contribution is -2.36. The van der Waals surface area contributed by atoms with Gasteiger partial charge in [0.05, 0.1) is 5.92 Å². The quantitative estimate of drug-likeness (QED) is 0.724. The molecule has 3 aliphatic rings. The molecular weight excluding hydrogens is 204 g/mol. The van der Waals surface area contributed by atoms with Crippen molar-refractivity contribution in [1.29, 1.82) is 0 Å². The molecule has 0 bridgehead atoms. The van der Waals surface area contributed by atoms with Crippen molar-refractivity contribution in [2.45, 2.75) is 32.1 Å². The summed E-state index contributed by atoms with van der Waals surface area (Å²) >= 11 is 0. The van der Waals surface area contributed by atoms with Gasteiger partial charge in [-0.25, -0.2) is 0 Å². The van der Waals surface area contributed by atoms with Gasteiger partial charge in [0.1, 0.15) is 0 Å². The minimum atomic E-state index is -0.137. The molecular formula is C12H18N2O2. The molecule has 1 saturated heterocycles. The molecule has 2 N–H and O–H groups in total. The van der Waals surface area contributed by atoms with Gasteiger partial charge in [-0.05, 0) is 37.0 Å². The summed E-state index contributed by atoms with van der Waals surface area (Å²) in [7, 11) is 0. The van der Waals surface area contributed by atoms with Crippen molar-refractivity contribution in [2.75, 3.05) is 13.1 Å². The Kier molecular flexibility index (Phi) is 2.19. The average Bonchev–Trinajstić information content (AvgIpc) is 3.14. The smallest absolute Gasteiger partial charge is 0.225 e. The molecule has 2 aliphatic carbocycles. The summed E-state index contributed by atoms with van der Waals surface area (Å²) in [4.78, 5) is 22.8. The molecule has 2 amide bonds. The number of rotatable bonds is 4. The van der Waals surface area contributed by atoms with Gasteiger partial charge in [-0.2, -0.15) is 0 Å². The third kappa shape index (κ3) is 1.81. The normalized spacial score (nSPS) is 31.0. The average molecular weight is 222 g/mol. The van der Waals surface area contributed by atoms with E-state index in [-0.39, 0.29) is 17.7 Å². The lowest BCUT2D eigenvalue weighted by molar-refractivity contribution is -0.126. The molecule has 1 heterocycles. The van der Waals surface area contributed by atoms with Gasteiger partial charge in [0.25, 0.3) is 0 Å². The predicted octanol–water partition coefficient (Wildman–Crippen LogP) is 0.429. The van der Waals surface area contributed by atoms with E-state index in [9.17, 15) is 9.59 Å². The highest BCUT2D eigenvalue weighted by Crippen LogP contribution is 2.60. The number of hydrogen-bond acceptors (Lipinski definition) is 2. The first kappa shape index (κ1) is 10.1. The van der Waals surface area contributed by atoms with Crippen molar-refractivity contribution < 1.29 is 9.59 Å². The summed E-state index contributed by atoms with van der Waals surface area (Å²) in [5.41, 5.74) is 0.450. The predicted molar refractivity (Wildman–Crippen MR) is 58.5 cm³/mol. The highest BCUT2D eigenvalue weighted by atomic mass is 16.2. The van der Waals surface area contributed by atoms with Crippen molar-refractivity contribution in [3.8, 4) is 0 Å². The molecule has 0 radical (unpaired) electrons. The van der Waals surface area contributed by atoms with E-state index < -0.39 is 0 Å². The Morgan fingerprint density at radius 2 is 2.19 bits per heavy atom. The number of hydrogen-bond donors (Lipinski definition) is 2. The fourth-order valence-electron chi connectivity index (χ4n) is 2.78. The van der Waals surface area contributed by atoms with Gasteiger partial charge < -0.3 is 10.6 Å². The molecule has 1 aliphatic heterocycles. The summed E-state index contributed by atoms with van der Waals surface area (Å²) in [6.45, 7) is 1.35. The molecule has 0 aromatic rings. The zero-order valence-corrected chi connectivity index (χ0v) is 9.42. The molecule has 4 nitrogen and oxygen atoms in total. The van der Waals surface area contributed by atoms with Crippen LogP contribution in [0.15, 0.2) is 0 Å². The van der Waals surface area contributed by atoms with E-state index in [2.05, 4.69) is 10.6 Å². The molecule has 16 heavy (non-hydrogen) atoms. The molecule has 3 fully saturated rings. The van der Waals surface area contributed by atoms with E-state index in [1.807, 2.05) is 0 Å². The molecule has 1 atom stereocenters. The summed E-state index contributed by atoms with van der Waals surface area (Å²) in [6, 6.07) is 0. The second-order valence-corrected chi connectivity index (χ2v) is 5.56. The Morgan fingerprint density at radius 3 is 2.69 bits per heavy atom. The highest BCUT2D eigenvalue weighted by Gasteiger charge is 2.53. The van der Waals surface area contributed by atoms with E-state index in [4.69, 9.17) is 0 Å². The Hall–Kier alpha value is -1.06. The van der Waals surface area contributed by atoms with Crippen LogP contribution < -0.4 is 10.6 Å². The number of nitrogens with one attached hydrogen (secondary N) is 2. The second kappa shape index (κ2) is 3.47. The molecule has 0 aromatic heterocycles. The summed E-state index contributed by atoms with van der Waals surface area (Å²) in [6.07, 6.45) is 5.61. The van der Waals surface area contributed by atoms with Gasteiger partial charge >= 0.3 is 0 Å². The lowest BCUT2D eigenvalue weighted by atomic mass is 10.00. The van der Waals surface area contributed by atoms with E-state index in [0.29, 0.717) is 18.4 Å². The maximum atomic E-state index is 11.8. The van der Waals surface area contributed by atoms with Crippen LogP contribution in [0.1, 0.15) is 32.1 Å². The monoisotopic (exact) mass is 222 g/mol. The number of amides is 2. The van der Waals surface area contributed by atoms with Gasteiger partial charge in [-0.1, -0.05) is 0 Å². The summed E-state index contributed by atoms with van der Waals surface area (Å²) in [5.74, 6) is 0.799. The summed E-state index contributed by atoms with van der Waals surface area (Å²) in [5, 5.41) is 5.74. The van der Waals surface area contributed by atoms with Crippen LogP contribution >= 0.6 is 0 Å². The van der Waals surface area contributed by atoms with Crippen LogP contribution in [0.5, 0.6) is 0 Å². The first-order valence-electron chi connectivity index (χ1n) is 6.24. The van der Waals surface area contributed by atoms with Gasteiger partial charge in [0.2, 0.25) is 11.8 Å². The Bertz CT molecular complexity index is 332. The fourth-order valence-corrected chi connectivity index (χ4v) is 2.78. The molecule has 1 unspecified atom stereocenters. The highest BCUT2D eigenvalue weighted by molar-refractivity contribution is 5.89. The first-order valence-corrected chi connectivity index (χ1v) is 6.24. The molecule has 0 aromatic carbocycles. The maximum absolute atomic E-state index is 11.8. The van der Waals surface area contributed by atoms with E-state index >= 15 is 0 Å². The van der Waals surface area contributed by atoms with Crippen LogP contribution in [-0.4, -0.2) is 24.9 Å². The van der Waals surface area contributed by atoms with Crippen molar-refractivity contribution in [3.63, 3.8) is 0 Å². The van der Waals surface area contributed by atoms with E-state index in [1.54, 1.807) is 0 Å². The zero-order valence-electron chi connectivity index (χ0n) is 9.42. The lowest BCUT2D eigenvalue weighted by Gasteiger charge is -2.16. The maximum Gasteiger partial charge on any atom is 0.225 e. The van der Waals surface area contributed by atoms with Crippen molar-refractivity contribution in [3.05, 3.63) is 0 Å². The minimum absolute atomic E-state index is 0.00322. The molecule has 88 valence electrons. The van der Waals surface area contributed by atoms with Gasteiger partial charge in [0, 0.05) is 19.5 Å². The minimum Gasteiger partial charge on any atom is -0.355 e. The third-order valence-corrected chi connectivity index (χ3v) is 4.30. The van der Waals surface area contributed by atoms with Crippen LogP contribution in [0.2, 0.25) is 0 Å². The van der Waals surface area contributed by atoms with Gasteiger partial charge in [-0.15, -0.1) is 0 Å². The zero-order chi connectivity index (χ0) is 11.2. The van der Waals surface area contributed by atoms with Gasteiger partial charge in [0.15, 0.2) is 0 Å². The molecule has 4 heteroatoms. The van der Waals surface area contributed by atoms with Crippen molar-refractivity contribution >= 4 is 11.8 Å². The van der Waals surface area contributed by atoms with E-state index in [0.717, 1.165) is 12.5 Å². The topological polar surface area (TPSA) is 58.2 Å². The molecule has 0 spiro atoms.